The predicted octanol–water partition coefficient (Wildman–Crippen LogP) is 8.47. The summed E-state index contributed by atoms with van der Waals surface area (Å²) in [5, 5.41) is 0. The van der Waals surface area contributed by atoms with Gasteiger partial charge in [0.15, 0.2) is 5.75 Å². The minimum Gasteiger partial charge on any atom is -0.486 e. The highest BCUT2D eigenvalue weighted by Crippen LogP contribution is 2.38. The van der Waals surface area contributed by atoms with Crippen molar-refractivity contribution in [1.29, 1.82) is 0 Å². The van der Waals surface area contributed by atoms with E-state index >= 15 is 0 Å². The van der Waals surface area contributed by atoms with Crippen LogP contribution in [0.15, 0.2) is 36.4 Å². The number of hydrogen-bond donors (Lipinski definition) is 0. The van der Waals surface area contributed by atoms with Gasteiger partial charge in [-0.15, -0.1) is 0 Å². The van der Waals surface area contributed by atoms with E-state index in [2.05, 4.69) is 43.1 Å². The molecular formula is C30H42FNO2. The zero-order chi connectivity index (χ0) is 23.8. The van der Waals surface area contributed by atoms with Gasteiger partial charge in [-0.25, -0.2) is 4.98 Å². The second kappa shape index (κ2) is 12.7. The van der Waals surface area contributed by atoms with Crippen LogP contribution in [-0.2, 0) is 4.74 Å². The van der Waals surface area contributed by atoms with Crippen LogP contribution in [0, 0.1) is 11.9 Å². The number of nitrogens with zero attached hydrogens (tertiary/aromatic N) is 1. The van der Waals surface area contributed by atoms with Crippen molar-refractivity contribution in [3.8, 4) is 17.0 Å². The Morgan fingerprint density at radius 3 is 2.24 bits per heavy atom. The maximum atomic E-state index is 14.6. The van der Waals surface area contributed by atoms with Crippen LogP contribution < -0.4 is 4.74 Å². The fraction of sp³-hybridized carbons (Fsp3) is 0.633. The summed E-state index contributed by atoms with van der Waals surface area (Å²) in [5.74, 6) is 1.24. The first-order valence-electron chi connectivity index (χ1n) is 13.7. The van der Waals surface area contributed by atoms with E-state index in [0.29, 0.717) is 18.2 Å². The van der Waals surface area contributed by atoms with E-state index in [0.717, 1.165) is 17.9 Å². The molecule has 186 valence electrons. The van der Waals surface area contributed by atoms with Crippen LogP contribution in [0.25, 0.3) is 11.3 Å². The van der Waals surface area contributed by atoms with Crippen molar-refractivity contribution in [2.24, 2.45) is 5.92 Å². The van der Waals surface area contributed by atoms with Gasteiger partial charge in [0.05, 0.1) is 11.8 Å². The first-order chi connectivity index (χ1) is 16.7. The molecule has 0 N–H and O–H groups in total. The lowest BCUT2D eigenvalue weighted by Crippen LogP contribution is -2.13. The number of rotatable bonds is 13. The molecule has 2 aliphatic rings. The van der Waals surface area contributed by atoms with Crippen LogP contribution in [0.3, 0.4) is 0 Å². The minimum absolute atomic E-state index is 0.0925. The largest absolute Gasteiger partial charge is 0.486 e. The van der Waals surface area contributed by atoms with E-state index in [1.807, 2.05) is 6.07 Å². The van der Waals surface area contributed by atoms with Gasteiger partial charge in [-0.3, -0.25) is 0 Å². The zero-order valence-corrected chi connectivity index (χ0v) is 21.1. The van der Waals surface area contributed by atoms with Crippen molar-refractivity contribution in [2.75, 3.05) is 6.61 Å². The molecule has 2 fully saturated rings. The molecule has 2 heterocycles. The lowest BCUT2D eigenvalue weighted by atomic mass is 9.77. The third kappa shape index (κ3) is 7.04. The van der Waals surface area contributed by atoms with E-state index in [4.69, 9.17) is 9.47 Å². The van der Waals surface area contributed by atoms with Crippen LogP contribution in [0.5, 0.6) is 5.75 Å². The fourth-order valence-electron chi connectivity index (χ4n) is 5.43. The summed E-state index contributed by atoms with van der Waals surface area (Å²) in [6.45, 7) is 4.87. The maximum Gasteiger partial charge on any atom is 0.255 e. The van der Waals surface area contributed by atoms with Crippen LogP contribution in [0.2, 0.25) is 0 Å². The van der Waals surface area contributed by atoms with Gasteiger partial charge in [0.1, 0.15) is 12.7 Å². The predicted molar refractivity (Wildman–Crippen MR) is 137 cm³/mol. The lowest BCUT2D eigenvalue weighted by molar-refractivity contribution is 0.248. The van der Waals surface area contributed by atoms with Gasteiger partial charge < -0.3 is 9.47 Å². The molecule has 34 heavy (non-hydrogen) atoms. The van der Waals surface area contributed by atoms with E-state index in [-0.39, 0.29) is 18.0 Å². The topological polar surface area (TPSA) is 34.6 Å². The number of hydrogen-bond acceptors (Lipinski definition) is 3. The average Bonchev–Trinajstić information content (AvgIpc) is 3.62. The molecule has 2 aromatic rings. The second-order valence-corrected chi connectivity index (χ2v) is 10.3. The Bertz CT molecular complexity index is 876. The molecule has 1 aromatic heterocycles. The molecule has 0 bridgehead atoms. The number of unbranched alkanes of at least 4 members (excludes halogenated alkanes) is 4. The first kappa shape index (κ1) is 25.2. The summed E-state index contributed by atoms with van der Waals surface area (Å²) in [5.41, 5.74) is 3.01. The molecule has 1 aliphatic heterocycles. The monoisotopic (exact) mass is 467 g/mol. The van der Waals surface area contributed by atoms with Crippen LogP contribution in [-0.4, -0.2) is 23.8 Å². The second-order valence-electron chi connectivity index (χ2n) is 10.3. The molecule has 0 unspecified atom stereocenters. The molecule has 1 aliphatic carbocycles. The quantitative estimate of drug-likeness (QED) is 0.168. The maximum absolute atomic E-state index is 14.6. The van der Waals surface area contributed by atoms with Gasteiger partial charge >= 0.3 is 0 Å². The molecule has 1 saturated carbocycles. The highest BCUT2D eigenvalue weighted by atomic mass is 19.1. The molecule has 4 heteroatoms. The molecule has 1 saturated heterocycles. The van der Waals surface area contributed by atoms with Gasteiger partial charge in [-0.05, 0) is 61.6 Å². The third-order valence-corrected chi connectivity index (χ3v) is 7.74. The third-order valence-electron chi connectivity index (χ3n) is 7.74. The summed E-state index contributed by atoms with van der Waals surface area (Å²) in [4.78, 5) is 4.18. The molecule has 4 rings (SSSR count). The first-order valence-corrected chi connectivity index (χ1v) is 13.7. The van der Waals surface area contributed by atoms with Crippen LogP contribution in [0.4, 0.5) is 4.39 Å². The van der Waals surface area contributed by atoms with Crippen molar-refractivity contribution < 1.29 is 13.9 Å². The Balaban J connectivity index is 1.25. The Morgan fingerprint density at radius 2 is 1.56 bits per heavy atom. The van der Waals surface area contributed by atoms with Crippen LogP contribution >= 0.6 is 0 Å². The standard InChI is InChI=1S/C30H42FNO2/c1-3-5-7-9-22-11-13-23(14-12-22)24-15-17-25(18-16-24)26-19-20-28(30(31)32-26)33-21-29-27(34-29)10-8-6-4-2/h15-20,22-23,27,29H,3-14,21H2,1-2H3/t22?,23?,27-,29-/m0/s1. The number of halogens is 1. The van der Waals surface area contributed by atoms with Crippen molar-refractivity contribution >= 4 is 0 Å². The number of epoxide rings is 1. The van der Waals surface area contributed by atoms with Gasteiger partial charge in [0, 0.05) is 5.56 Å². The zero-order valence-electron chi connectivity index (χ0n) is 21.1. The van der Waals surface area contributed by atoms with Gasteiger partial charge in [-0.2, -0.15) is 4.39 Å². The highest BCUT2D eigenvalue weighted by molar-refractivity contribution is 5.60. The van der Waals surface area contributed by atoms with E-state index in [1.54, 1.807) is 6.07 Å². The van der Waals surface area contributed by atoms with Crippen molar-refractivity contribution in [3.05, 3.63) is 47.9 Å². The summed E-state index contributed by atoms with van der Waals surface area (Å²) in [7, 11) is 0. The Labute approximate surface area is 205 Å². The molecule has 3 nitrogen and oxygen atoms in total. The Hall–Kier alpha value is -1.94. The van der Waals surface area contributed by atoms with E-state index in [9.17, 15) is 4.39 Å². The fourth-order valence-corrected chi connectivity index (χ4v) is 5.43. The Morgan fingerprint density at radius 1 is 0.853 bits per heavy atom. The summed E-state index contributed by atoms with van der Waals surface area (Å²) in [6, 6.07) is 12.1. The van der Waals surface area contributed by atoms with Crippen LogP contribution in [0.1, 0.15) is 102 Å². The molecule has 0 spiro atoms. The smallest absolute Gasteiger partial charge is 0.255 e. The molecule has 2 atom stereocenters. The highest BCUT2D eigenvalue weighted by Gasteiger charge is 2.38. The lowest BCUT2D eigenvalue weighted by Gasteiger charge is -2.29. The number of benzene rings is 1. The van der Waals surface area contributed by atoms with E-state index < -0.39 is 5.95 Å². The SMILES string of the molecule is CCCCCC1CCC(c2ccc(-c3ccc(OC[C@@H]4O[C@H]4CCCCC)c(F)n3)cc2)CC1. The van der Waals surface area contributed by atoms with Crippen molar-refractivity contribution in [2.45, 2.75) is 109 Å². The molecular weight excluding hydrogens is 425 g/mol. The minimum atomic E-state index is -0.550. The normalized spacial score (nSPS) is 24.2. The van der Waals surface area contributed by atoms with Gasteiger partial charge in [-0.1, -0.05) is 83.1 Å². The number of ether oxygens (including phenoxy) is 2. The Kier molecular flexibility index (Phi) is 9.38. The molecule has 0 radical (unpaired) electrons. The summed E-state index contributed by atoms with van der Waals surface area (Å²) >= 11 is 0. The summed E-state index contributed by atoms with van der Waals surface area (Å²) in [6.07, 6.45) is 15.8. The summed E-state index contributed by atoms with van der Waals surface area (Å²) < 4.78 is 25.9. The average molecular weight is 468 g/mol. The van der Waals surface area contributed by atoms with E-state index in [1.165, 1.54) is 76.2 Å². The molecule has 1 aromatic carbocycles. The van der Waals surface area contributed by atoms with Gasteiger partial charge in [0.2, 0.25) is 0 Å². The van der Waals surface area contributed by atoms with Crippen molar-refractivity contribution in [1.82, 2.24) is 4.98 Å². The number of pyridine rings is 1. The van der Waals surface area contributed by atoms with Gasteiger partial charge in [0.25, 0.3) is 5.95 Å². The number of aromatic nitrogens is 1. The van der Waals surface area contributed by atoms with Crippen molar-refractivity contribution in [3.63, 3.8) is 0 Å². The molecule has 0 amide bonds.